The maximum Gasteiger partial charge on any atom is 0.337 e. The average Bonchev–Trinajstić information content (AvgIpc) is 3.00. The zero-order valence-corrected chi connectivity index (χ0v) is 11.8. The molecule has 114 valence electrons. The fraction of sp³-hybridized carbons (Fsp3) is 0.143. The van der Waals surface area contributed by atoms with Gasteiger partial charge >= 0.3 is 5.97 Å². The van der Waals surface area contributed by atoms with Gasteiger partial charge in [0.1, 0.15) is 18.1 Å². The molecule has 5 N–H and O–H groups in total. The van der Waals surface area contributed by atoms with Crippen LogP contribution in [-0.2, 0) is 11.3 Å². The zero-order chi connectivity index (χ0) is 15.5. The molecule has 0 unspecified atom stereocenters. The number of anilines is 3. The molecule has 8 nitrogen and oxygen atoms in total. The molecule has 0 fully saturated rings. The maximum atomic E-state index is 11.5. The number of nitrogens with one attached hydrogen (secondary N) is 3. The van der Waals surface area contributed by atoms with Gasteiger partial charge in [0.25, 0.3) is 0 Å². The van der Waals surface area contributed by atoms with Crippen LogP contribution in [0.15, 0.2) is 30.3 Å². The van der Waals surface area contributed by atoms with Crippen molar-refractivity contribution in [3.05, 3.63) is 41.5 Å². The third-order valence-electron chi connectivity index (χ3n) is 3.11. The molecule has 1 aromatic heterocycles. The zero-order valence-electron chi connectivity index (χ0n) is 11.8. The third kappa shape index (κ3) is 2.72. The van der Waals surface area contributed by atoms with Crippen LogP contribution in [0, 0.1) is 0 Å². The van der Waals surface area contributed by atoms with E-state index in [1.165, 1.54) is 7.11 Å². The number of methoxy groups -OCH3 is 1. The standard InChI is InChI=1S/C14H15N5O3/c1-21-14(20)9-4-2-3-8(5-9)7-22-10-6-11(15)16-13-12(10)17-19-18-13/h2-6,17,19H,7H2,1H3,(H3,15,16,18). The smallest absolute Gasteiger partial charge is 0.337 e. The van der Waals surface area contributed by atoms with Crippen LogP contribution >= 0.6 is 0 Å². The molecule has 0 saturated heterocycles. The number of hydrogen-bond acceptors (Lipinski definition) is 8. The van der Waals surface area contributed by atoms with Gasteiger partial charge in [-0.25, -0.2) is 9.78 Å². The predicted octanol–water partition coefficient (Wildman–Crippen LogP) is 1.29. The summed E-state index contributed by atoms with van der Waals surface area (Å²) in [5.41, 5.74) is 16.2. The van der Waals surface area contributed by atoms with Crippen LogP contribution in [0.25, 0.3) is 0 Å². The molecule has 0 amide bonds. The van der Waals surface area contributed by atoms with Crippen LogP contribution in [0.1, 0.15) is 15.9 Å². The predicted molar refractivity (Wildman–Crippen MR) is 81.1 cm³/mol. The van der Waals surface area contributed by atoms with E-state index in [1.54, 1.807) is 24.3 Å². The van der Waals surface area contributed by atoms with E-state index in [-0.39, 0.29) is 12.6 Å². The van der Waals surface area contributed by atoms with E-state index in [0.717, 1.165) is 5.56 Å². The molecule has 0 spiro atoms. The van der Waals surface area contributed by atoms with Gasteiger partial charge in [0, 0.05) is 6.07 Å². The lowest BCUT2D eigenvalue weighted by atomic mass is 10.1. The van der Waals surface area contributed by atoms with Crippen molar-refractivity contribution in [2.45, 2.75) is 6.61 Å². The molecular formula is C14H15N5O3. The second-order valence-corrected chi connectivity index (χ2v) is 4.62. The van der Waals surface area contributed by atoms with Gasteiger partial charge in [0.2, 0.25) is 0 Å². The highest BCUT2D eigenvalue weighted by Gasteiger charge is 2.17. The molecular weight excluding hydrogens is 286 g/mol. The topological polar surface area (TPSA) is 111 Å². The SMILES string of the molecule is COC(=O)c1cccc(COc2cc(N)nc3c2NNN3)c1. The van der Waals surface area contributed by atoms with Gasteiger partial charge in [-0.05, 0) is 17.7 Å². The Bertz CT molecular complexity index is 720. The van der Waals surface area contributed by atoms with Crippen molar-refractivity contribution in [2.24, 2.45) is 0 Å². The van der Waals surface area contributed by atoms with Crippen molar-refractivity contribution in [3.63, 3.8) is 0 Å². The Morgan fingerprint density at radius 2 is 2.18 bits per heavy atom. The summed E-state index contributed by atoms with van der Waals surface area (Å²) in [5.74, 6) is 1.09. The Morgan fingerprint density at radius 3 is 3.00 bits per heavy atom. The van der Waals surface area contributed by atoms with Crippen molar-refractivity contribution in [2.75, 3.05) is 23.7 Å². The Kier molecular flexibility index (Phi) is 3.67. The fourth-order valence-electron chi connectivity index (χ4n) is 2.09. The first-order valence-electron chi connectivity index (χ1n) is 6.55. The number of carbonyl (C=O) groups is 1. The molecule has 0 radical (unpaired) electrons. The van der Waals surface area contributed by atoms with E-state index in [0.29, 0.717) is 28.6 Å². The summed E-state index contributed by atoms with van der Waals surface area (Å²) >= 11 is 0. The summed E-state index contributed by atoms with van der Waals surface area (Å²) in [5, 5.41) is 0. The number of hydrazine groups is 2. The van der Waals surface area contributed by atoms with Gasteiger partial charge in [-0.15, -0.1) is 5.53 Å². The quantitative estimate of drug-likeness (QED) is 0.625. The van der Waals surface area contributed by atoms with Crippen LogP contribution < -0.4 is 26.9 Å². The first kappa shape index (κ1) is 14.0. The number of carbonyl (C=O) groups excluding carboxylic acids is 1. The average molecular weight is 301 g/mol. The van der Waals surface area contributed by atoms with Crippen molar-refractivity contribution < 1.29 is 14.3 Å². The number of ether oxygens (including phenoxy) is 2. The largest absolute Gasteiger partial charge is 0.486 e. The summed E-state index contributed by atoms with van der Waals surface area (Å²) in [7, 11) is 1.35. The molecule has 2 aromatic rings. The highest BCUT2D eigenvalue weighted by atomic mass is 16.5. The van der Waals surface area contributed by atoms with E-state index in [2.05, 4.69) is 21.4 Å². The van der Waals surface area contributed by atoms with Crippen molar-refractivity contribution >= 4 is 23.3 Å². The number of fused-ring (bicyclic) bond motifs is 1. The molecule has 2 heterocycles. The summed E-state index contributed by atoms with van der Waals surface area (Å²) in [4.78, 5) is 15.6. The lowest BCUT2D eigenvalue weighted by molar-refractivity contribution is 0.0600. The van der Waals surface area contributed by atoms with Crippen LogP contribution in [0.5, 0.6) is 5.75 Å². The number of nitrogens with zero attached hydrogens (tertiary/aromatic N) is 1. The first-order chi connectivity index (χ1) is 10.7. The van der Waals surface area contributed by atoms with Crippen molar-refractivity contribution in [3.8, 4) is 5.75 Å². The molecule has 3 rings (SSSR count). The fourth-order valence-corrected chi connectivity index (χ4v) is 2.09. The molecule has 0 aliphatic carbocycles. The maximum absolute atomic E-state index is 11.5. The summed E-state index contributed by atoms with van der Waals surface area (Å²) in [6.07, 6.45) is 0. The van der Waals surface area contributed by atoms with Gasteiger partial charge in [-0.3, -0.25) is 10.9 Å². The Labute approximate surface area is 126 Å². The van der Waals surface area contributed by atoms with Crippen molar-refractivity contribution in [1.29, 1.82) is 0 Å². The van der Waals surface area contributed by atoms with Gasteiger partial charge < -0.3 is 15.2 Å². The van der Waals surface area contributed by atoms with E-state index >= 15 is 0 Å². The number of hydrogen-bond donors (Lipinski definition) is 4. The number of nitrogen functional groups attached to an aromatic ring is 1. The summed E-state index contributed by atoms with van der Waals surface area (Å²) < 4.78 is 10.5. The number of nitrogens with two attached hydrogens (primary N) is 1. The third-order valence-corrected chi connectivity index (χ3v) is 3.11. The van der Waals surface area contributed by atoms with Gasteiger partial charge in [0.15, 0.2) is 11.6 Å². The van der Waals surface area contributed by atoms with E-state index < -0.39 is 0 Å². The number of benzene rings is 1. The van der Waals surface area contributed by atoms with Crippen LogP contribution in [0.4, 0.5) is 17.3 Å². The van der Waals surface area contributed by atoms with E-state index in [9.17, 15) is 4.79 Å². The van der Waals surface area contributed by atoms with E-state index in [4.69, 9.17) is 15.2 Å². The number of esters is 1. The van der Waals surface area contributed by atoms with E-state index in [1.807, 2.05) is 6.07 Å². The Morgan fingerprint density at radius 1 is 1.32 bits per heavy atom. The summed E-state index contributed by atoms with van der Waals surface area (Å²) in [6.45, 7) is 0.280. The normalized spacial score (nSPS) is 12.0. The van der Waals surface area contributed by atoms with Crippen LogP contribution in [0.2, 0.25) is 0 Å². The Hall–Kier alpha value is -3.00. The molecule has 1 aliphatic rings. The lowest BCUT2D eigenvalue weighted by Gasteiger charge is -2.11. The minimum atomic E-state index is -0.383. The molecule has 0 saturated carbocycles. The molecule has 22 heavy (non-hydrogen) atoms. The van der Waals surface area contributed by atoms with Crippen molar-refractivity contribution in [1.82, 2.24) is 10.5 Å². The number of pyridine rings is 1. The number of rotatable bonds is 4. The summed E-state index contributed by atoms with van der Waals surface area (Å²) in [6, 6.07) is 8.68. The Balaban J connectivity index is 1.77. The highest BCUT2D eigenvalue weighted by Crippen LogP contribution is 2.34. The molecule has 1 aromatic carbocycles. The second-order valence-electron chi connectivity index (χ2n) is 4.62. The first-order valence-corrected chi connectivity index (χ1v) is 6.55. The molecule has 8 heteroatoms. The van der Waals surface area contributed by atoms with Crippen LogP contribution in [0.3, 0.4) is 0 Å². The van der Waals surface area contributed by atoms with Gasteiger partial charge in [-0.2, -0.15) is 0 Å². The minimum Gasteiger partial charge on any atom is -0.486 e. The van der Waals surface area contributed by atoms with Gasteiger partial charge in [-0.1, -0.05) is 12.1 Å². The molecule has 0 bridgehead atoms. The van der Waals surface area contributed by atoms with Gasteiger partial charge in [0.05, 0.1) is 12.7 Å². The monoisotopic (exact) mass is 301 g/mol. The molecule has 0 atom stereocenters. The lowest BCUT2D eigenvalue weighted by Crippen LogP contribution is -2.19. The second kappa shape index (κ2) is 5.78. The minimum absolute atomic E-state index is 0.280. The number of aromatic nitrogens is 1. The van der Waals surface area contributed by atoms with Crippen LogP contribution in [-0.4, -0.2) is 18.1 Å². The molecule has 1 aliphatic heterocycles. The highest BCUT2D eigenvalue weighted by molar-refractivity contribution is 5.89.